The van der Waals surface area contributed by atoms with Gasteiger partial charge in [0.15, 0.2) is 18.1 Å². The predicted molar refractivity (Wildman–Crippen MR) is 136 cm³/mol. The lowest BCUT2D eigenvalue weighted by Gasteiger charge is -2.15. The van der Waals surface area contributed by atoms with Crippen LogP contribution in [0.15, 0.2) is 60.7 Å². The van der Waals surface area contributed by atoms with E-state index < -0.39 is 5.91 Å². The predicted octanol–water partition coefficient (Wildman–Crippen LogP) is 3.83. The van der Waals surface area contributed by atoms with Crippen molar-refractivity contribution in [1.29, 1.82) is 0 Å². The first-order chi connectivity index (χ1) is 17.0. The average Bonchev–Trinajstić information content (AvgIpc) is 3.35. The van der Waals surface area contributed by atoms with Crippen LogP contribution in [0.4, 0.5) is 0 Å². The molecule has 2 aromatic carbocycles. The lowest BCUT2D eigenvalue weighted by Crippen LogP contribution is -2.25. The van der Waals surface area contributed by atoms with Crippen LogP contribution in [0.3, 0.4) is 0 Å². The van der Waals surface area contributed by atoms with Gasteiger partial charge in [0.1, 0.15) is 0 Å². The summed E-state index contributed by atoms with van der Waals surface area (Å²) in [6.07, 6.45) is 7.16. The second kappa shape index (κ2) is 13.0. The van der Waals surface area contributed by atoms with Crippen molar-refractivity contribution in [3.8, 4) is 22.8 Å². The van der Waals surface area contributed by atoms with Crippen molar-refractivity contribution in [1.82, 2.24) is 15.1 Å². The van der Waals surface area contributed by atoms with E-state index in [4.69, 9.17) is 15.2 Å². The molecule has 0 aliphatic rings. The number of amides is 2. The van der Waals surface area contributed by atoms with Crippen molar-refractivity contribution in [2.45, 2.75) is 25.7 Å². The number of rotatable bonds is 13. The first kappa shape index (κ1) is 25.6. The monoisotopic (exact) mass is 476 g/mol. The highest BCUT2D eigenvalue weighted by atomic mass is 16.5. The summed E-state index contributed by atoms with van der Waals surface area (Å²) < 4.78 is 10.6. The number of primary amides is 1. The molecule has 0 aliphatic carbocycles. The van der Waals surface area contributed by atoms with E-state index in [1.165, 1.54) is 13.2 Å². The third-order valence-electron chi connectivity index (χ3n) is 5.49. The molecular formula is C27H32N4O4. The third kappa shape index (κ3) is 8.03. The number of aryl methyl sites for hydroxylation is 1. The first-order valence-corrected chi connectivity index (χ1v) is 11.6. The number of methoxy groups -OCH3 is 1. The number of unbranched alkanes of at least 4 members (excludes halogenated alkanes) is 2. The van der Waals surface area contributed by atoms with Gasteiger partial charge < -0.3 is 20.1 Å². The molecule has 3 aromatic rings. The standard InChI is InChI=1S/C27H32N4O4/c1-31(16-8-4-7-11-22-18-23(30-29-22)21-9-5-3-6-10-21)27(33)15-13-20-12-14-24(25(17-20)34-2)35-19-26(28)32/h3,5-6,9-10,12-15,17-18H,4,7-8,11,16,19H2,1-2H3,(H2,28,32)(H,29,30)/b15-13+. The fraction of sp³-hybridized carbons (Fsp3) is 0.296. The number of likely N-dealkylation sites (N-methyl/N-ethyl adjacent to an activating group) is 1. The van der Waals surface area contributed by atoms with E-state index in [9.17, 15) is 9.59 Å². The van der Waals surface area contributed by atoms with Crippen LogP contribution in [0.5, 0.6) is 11.5 Å². The van der Waals surface area contributed by atoms with Gasteiger partial charge in [-0.05, 0) is 49.1 Å². The molecule has 0 spiro atoms. The minimum Gasteiger partial charge on any atom is -0.493 e. The summed E-state index contributed by atoms with van der Waals surface area (Å²) >= 11 is 0. The van der Waals surface area contributed by atoms with Crippen LogP contribution in [-0.4, -0.2) is 54.2 Å². The summed E-state index contributed by atoms with van der Waals surface area (Å²) in [6, 6.07) is 17.4. The fourth-order valence-electron chi connectivity index (χ4n) is 3.55. The Labute approximate surface area is 205 Å². The summed E-state index contributed by atoms with van der Waals surface area (Å²) in [5.41, 5.74) is 9.08. The minimum absolute atomic E-state index is 0.0703. The molecule has 0 saturated heterocycles. The molecule has 0 fully saturated rings. The molecule has 3 rings (SSSR count). The Hall–Kier alpha value is -4.07. The zero-order valence-electron chi connectivity index (χ0n) is 20.2. The molecule has 8 nitrogen and oxygen atoms in total. The normalized spacial score (nSPS) is 10.9. The minimum atomic E-state index is -0.567. The van der Waals surface area contributed by atoms with Crippen LogP contribution in [0.2, 0.25) is 0 Å². The van der Waals surface area contributed by atoms with Crippen molar-refractivity contribution in [2.75, 3.05) is 27.3 Å². The number of carbonyl (C=O) groups excluding carboxylic acids is 2. The van der Waals surface area contributed by atoms with Gasteiger partial charge in [0.05, 0.1) is 12.8 Å². The van der Waals surface area contributed by atoms with E-state index >= 15 is 0 Å². The highest BCUT2D eigenvalue weighted by molar-refractivity contribution is 5.91. The number of aromatic nitrogens is 2. The second-order valence-electron chi connectivity index (χ2n) is 8.21. The third-order valence-corrected chi connectivity index (χ3v) is 5.49. The summed E-state index contributed by atoms with van der Waals surface area (Å²) in [5.74, 6) is 0.239. The number of aromatic amines is 1. The van der Waals surface area contributed by atoms with Gasteiger partial charge in [0.2, 0.25) is 5.91 Å². The molecule has 1 aromatic heterocycles. The molecule has 0 unspecified atom stereocenters. The molecule has 8 heteroatoms. The maximum absolute atomic E-state index is 12.5. The largest absolute Gasteiger partial charge is 0.493 e. The number of hydrogen-bond donors (Lipinski definition) is 2. The second-order valence-corrected chi connectivity index (χ2v) is 8.21. The molecule has 0 saturated carbocycles. The summed E-state index contributed by atoms with van der Waals surface area (Å²) in [4.78, 5) is 25.1. The van der Waals surface area contributed by atoms with Crippen LogP contribution in [0, 0.1) is 0 Å². The van der Waals surface area contributed by atoms with Crippen LogP contribution in [0.25, 0.3) is 17.3 Å². The van der Waals surface area contributed by atoms with Gasteiger partial charge >= 0.3 is 0 Å². The van der Waals surface area contributed by atoms with Crippen LogP contribution < -0.4 is 15.2 Å². The number of nitrogens with zero attached hydrogens (tertiary/aromatic N) is 2. The molecule has 0 atom stereocenters. The Bertz CT molecular complexity index is 1140. The van der Waals surface area contributed by atoms with Gasteiger partial charge in [-0.15, -0.1) is 0 Å². The zero-order chi connectivity index (χ0) is 25.0. The van der Waals surface area contributed by atoms with Crippen molar-refractivity contribution in [2.24, 2.45) is 5.73 Å². The van der Waals surface area contributed by atoms with Gasteiger partial charge in [-0.3, -0.25) is 14.7 Å². The Morgan fingerprint density at radius 1 is 1.06 bits per heavy atom. The topological polar surface area (TPSA) is 111 Å². The number of ether oxygens (including phenoxy) is 2. The molecule has 3 N–H and O–H groups in total. The maximum Gasteiger partial charge on any atom is 0.255 e. The fourth-order valence-corrected chi connectivity index (χ4v) is 3.55. The van der Waals surface area contributed by atoms with E-state index in [2.05, 4.69) is 16.3 Å². The maximum atomic E-state index is 12.5. The molecule has 0 bridgehead atoms. The first-order valence-electron chi connectivity index (χ1n) is 11.6. The number of H-pyrrole nitrogens is 1. The average molecular weight is 477 g/mol. The van der Waals surface area contributed by atoms with E-state index in [0.29, 0.717) is 18.0 Å². The van der Waals surface area contributed by atoms with E-state index in [0.717, 1.165) is 48.2 Å². The lowest BCUT2D eigenvalue weighted by molar-refractivity contribution is -0.124. The van der Waals surface area contributed by atoms with Crippen molar-refractivity contribution in [3.63, 3.8) is 0 Å². The lowest BCUT2D eigenvalue weighted by atomic mass is 10.1. The van der Waals surface area contributed by atoms with E-state index in [1.54, 1.807) is 36.2 Å². The highest BCUT2D eigenvalue weighted by Crippen LogP contribution is 2.28. The summed E-state index contributed by atoms with van der Waals surface area (Å²) in [7, 11) is 3.31. The van der Waals surface area contributed by atoms with Crippen molar-refractivity contribution < 1.29 is 19.1 Å². The van der Waals surface area contributed by atoms with E-state index in [1.807, 2.05) is 30.3 Å². The van der Waals surface area contributed by atoms with E-state index in [-0.39, 0.29) is 12.5 Å². The SMILES string of the molecule is COc1cc(/C=C/C(=O)N(C)CCCCCc2cc(-c3ccccc3)n[nH]2)ccc1OCC(N)=O. The molecule has 0 aliphatic heterocycles. The summed E-state index contributed by atoms with van der Waals surface area (Å²) in [6.45, 7) is 0.454. The molecular weight excluding hydrogens is 444 g/mol. The van der Waals surface area contributed by atoms with Crippen LogP contribution >= 0.6 is 0 Å². The zero-order valence-corrected chi connectivity index (χ0v) is 20.2. The number of benzene rings is 2. The Morgan fingerprint density at radius 2 is 1.86 bits per heavy atom. The van der Waals surface area contributed by atoms with Gasteiger partial charge in [-0.2, -0.15) is 5.10 Å². The van der Waals surface area contributed by atoms with Crippen molar-refractivity contribution >= 4 is 17.9 Å². The highest BCUT2D eigenvalue weighted by Gasteiger charge is 2.08. The van der Waals surface area contributed by atoms with Crippen LogP contribution in [0.1, 0.15) is 30.5 Å². The molecule has 1 heterocycles. The smallest absolute Gasteiger partial charge is 0.255 e. The van der Waals surface area contributed by atoms with Gasteiger partial charge in [-0.25, -0.2) is 0 Å². The molecule has 2 amide bonds. The number of nitrogens with one attached hydrogen (secondary N) is 1. The Balaban J connectivity index is 1.39. The Kier molecular flexibility index (Phi) is 9.48. The van der Waals surface area contributed by atoms with Gasteiger partial charge in [0, 0.05) is 30.9 Å². The van der Waals surface area contributed by atoms with Gasteiger partial charge in [-0.1, -0.05) is 42.8 Å². The number of hydrogen-bond acceptors (Lipinski definition) is 5. The summed E-state index contributed by atoms with van der Waals surface area (Å²) in [5, 5.41) is 7.51. The Morgan fingerprint density at radius 3 is 2.60 bits per heavy atom. The molecule has 184 valence electrons. The quantitative estimate of drug-likeness (QED) is 0.288. The molecule has 35 heavy (non-hydrogen) atoms. The van der Waals surface area contributed by atoms with Gasteiger partial charge in [0.25, 0.3) is 5.91 Å². The molecule has 0 radical (unpaired) electrons. The number of nitrogens with two attached hydrogens (primary N) is 1. The number of carbonyl (C=O) groups is 2. The van der Waals surface area contributed by atoms with Crippen LogP contribution in [-0.2, 0) is 16.0 Å². The van der Waals surface area contributed by atoms with Crippen molar-refractivity contribution in [3.05, 3.63) is 71.9 Å².